The summed E-state index contributed by atoms with van der Waals surface area (Å²) in [7, 11) is 0. The molecule has 1 saturated heterocycles. The Morgan fingerprint density at radius 3 is 2.71 bits per heavy atom. The molecule has 17 heavy (non-hydrogen) atoms. The van der Waals surface area contributed by atoms with Crippen molar-refractivity contribution in [1.29, 1.82) is 0 Å². The second kappa shape index (κ2) is 5.48. The van der Waals surface area contributed by atoms with E-state index in [0.717, 1.165) is 24.3 Å². The zero-order chi connectivity index (χ0) is 12.3. The van der Waals surface area contributed by atoms with Crippen molar-refractivity contribution in [2.24, 2.45) is 5.92 Å². The number of amides is 2. The van der Waals surface area contributed by atoms with Gasteiger partial charge >= 0.3 is 0 Å². The Kier molecular flexibility index (Phi) is 3.97. The average Bonchev–Trinajstić information content (AvgIpc) is 2.52. The monoisotopic (exact) mass is 235 g/mol. The van der Waals surface area contributed by atoms with Crippen LogP contribution in [0.25, 0.3) is 0 Å². The van der Waals surface area contributed by atoms with Crippen LogP contribution in [0.5, 0.6) is 0 Å². The first-order chi connectivity index (χ1) is 8.20. The van der Waals surface area contributed by atoms with Crippen LogP contribution in [0.4, 0.5) is 0 Å². The summed E-state index contributed by atoms with van der Waals surface area (Å²) in [4.78, 5) is 22.8. The Hall–Kier alpha value is -1.12. The zero-order valence-electron chi connectivity index (χ0n) is 10.6. The molecular formula is C14H21NO2. The molecule has 1 N–H and O–H groups in total. The number of carbonyl (C=O) groups is 2. The third-order valence-corrected chi connectivity index (χ3v) is 3.93. The summed E-state index contributed by atoms with van der Waals surface area (Å²) in [6, 6.07) is 0. The molecule has 2 aliphatic rings. The summed E-state index contributed by atoms with van der Waals surface area (Å²) in [5.41, 5.74) is 2.01. The summed E-state index contributed by atoms with van der Waals surface area (Å²) in [5, 5.41) is 2.39. The lowest BCUT2D eigenvalue weighted by molar-refractivity contribution is -0.124. The average molecular weight is 235 g/mol. The Morgan fingerprint density at radius 2 is 2.06 bits per heavy atom. The van der Waals surface area contributed by atoms with Gasteiger partial charge in [-0.3, -0.25) is 14.9 Å². The molecule has 2 rings (SSSR count). The molecule has 1 saturated carbocycles. The molecule has 1 aliphatic heterocycles. The minimum Gasteiger partial charge on any atom is -0.292 e. The van der Waals surface area contributed by atoms with Crippen LogP contribution in [0.2, 0.25) is 0 Å². The predicted octanol–water partition coefficient (Wildman–Crippen LogP) is 2.71. The van der Waals surface area contributed by atoms with Crippen molar-refractivity contribution >= 4 is 11.8 Å². The van der Waals surface area contributed by atoms with Gasteiger partial charge in [0.05, 0.1) is 6.42 Å². The number of carbonyl (C=O) groups excluding carboxylic acids is 2. The highest BCUT2D eigenvalue weighted by atomic mass is 16.2. The van der Waals surface area contributed by atoms with Gasteiger partial charge in [0.1, 0.15) is 0 Å². The maximum Gasteiger partial charge on any atom is 0.254 e. The largest absolute Gasteiger partial charge is 0.292 e. The van der Waals surface area contributed by atoms with E-state index >= 15 is 0 Å². The molecule has 2 fully saturated rings. The molecule has 0 bridgehead atoms. The lowest BCUT2D eigenvalue weighted by Gasteiger charge is -2.11. The van der Waals surface area contributed by atoms with Gasteiger partial charge in [-0.05, 0) is 31.6 Å². The van der Waals surface area contributed by atoms with Crippen LogP contribution in [-0.4, -0.2) is 11.8 Å². The lowest BCUT2D eigenvalue weighted by Crippen LogP contribution is -2.19. The predicted molar refractivity (Wildman–Crippen MR) is 66.3 cm³/mol. The molecule has 0 aromatic carbocycles. The van der Waals surface area contributed by atoms with E-state index < -0.39 is 0 Å². The maximum absolute atomic E-state index is 11.6. The maximum atomic E-state index is 11.6. The molecule has 3 nitrogen and oxygen atoms in total. The molecule has 94 valence electrons. The fraction of sp³-hybridized carbons (Fsp3) is 0.714. The summed E-state index contributed by atoms with van der Waals surface area (Å²) >= 11 is 0. The minimum atomic E-state index is -0.140. The van der Waals surface area contributed by atoms with Crippen molar-refractivity contribution in [3.63, 3.8) is 0 Å². The van der Waals surface area contributed by atoms with Gasteiger partial charge in [-0.1, -0.05) is 31.8 Å². The molecule has 3 heteroatoms. The Bertz CT molecular complexity index is 357. The van der Waals surface area contributed by atoms with Gasteiger partial charge in [-0.15, -0.1) is 0 Å². The quantitative estimate of drug-likeness (QED) is 0.454. The number of nitrogens with one attached hydrogen (secondary N) is 1. The summed E-state index contributed by atoms with van der Waals surface area (Å²) in [6.45, 7) is 2.23. The Morgan fingerprint density at radius 1 is 1.24 bits per heavy atom. The van der Waals surface area contributed by atoms with Crippen molar-refractivity contribution in [2.75, 3.05) is 0 Å². The van der Waals surface area contributed by atoms with Crippen LogP contribution in [0.3, 0.4) is 0 Å². The summed E-state index contributed by atoms with van der Waals surface area (Å²) in [5.74, 6) is 0.545. The van der Waals surface area contributed by atoms with Crippen LogP contribution in [0, 0.1) is 5.92 Å². The minimum absolute atomic E-state index is 0.133. The molecule has 0 aromatic heterocycles. The molecule has 0 spiro atoms. The smallest absolute Gasteiger partial charge is 0.254 e. The van der Waals surface area contributed by atoms with E-state index in [1.807, 2.05) is 0 Å². The number of rotatable bonds is 2. The van der Waals surface area contributed by atoms with Crippen LogP contribution in [0.1, 0.15) is 58.3 Å². The van der Waals surface area contributed by atoms with E-state index in [0.29, 0.717) is 6.42 Å². The summed E-state index contributed by atoms with van der Waals surface area (Å²) < 4.78 is 0. The van der Waals surface area contributed by atoms with Crippen LogP contribution >= 0.6 is 0 Å². The first kappa shape index (κ1) is 12.3. The highest BCUT2D eigenvalue weighted by Gasteiger charge is 2.28. The van der Waals surface area contributed by atoms with Gasteiger partial charge in [0.25, 0.3) is 5.91 Å². The van der Waals surface area contributed by atoms with Crippen LogP contribution < -0.4 is 5.32 Å². The van der Waals surface area contributed by atoms with Crippen molar-refractivity contribution in [2.45, 2.75) is 58.3 Å². The molecular weight excluding hydrogens is 214 g/mol. The molecule has 1 unspecified atom stereocenters. The number of imide groups is 1. The van der Waals surface area contributed by atoms with Crippen molar-refractivity contribution < 1.29 is 9.59 Å². The number of allylic oxidation sites excluding steroid dienone is 1. The van der Waals surface area contributed by atoms with E-state index in [-0.39, 0.29) is 11.8 Å². The van der Waals surface area contributed by atoms with Gasteiger partial charge in [0, 0.05) is 5.57 Å². The van der Waals surface area contributed by atoms with Gasteiger partial charge in [0.2, 0.25) is 5.91 Å². The van der Waals surface area contributed by atoms with E-state index in [1.165, 1.54) is 37.7 Å². The molecule has 1 atom stereocenters. The standard InChI is InChI=1S/C14H21NO2/c1-2-4-10-5-3-6-11(8-7-10)12-9-13(16)15-14(12)17/h10H,2-9H2,1H3,(H,15,16,17). The summed E-state index contributed by atoms with van der Waals surface area (Å²) in [6.07, 6.45) is 8.52. The highest BCUT2D eigenvalue weighted by molar-refractivity contribution is 6.13. The van der Waals surface area contributed by atoms with Crippen molar-refractivity contribution in [1.82, 2.24) is 5.32 Å². The molecule has 0 aromatic rings. The van der Waals surface area contributed by atoms with E-state index in [1.54, 1.807) is 0 Å². The van der Waals surface area contributed by atoms with Crippen LogP contribution in [0.15, 0.2) is 11.1 Å². The molecule has 0 radical (unpaired) electrons. The second-order valence-electron chi connectivity index (χ2n) is 5.22. The first-order valence-corrected chi connectivity index (χ1v) is 6.75. The van der Waals surface area contributed by atoms with Crippen molar-refractivity contribution in [3.05, 3.63) is 11.1 Å². The molecule has 2 amide bonds. The number of hydrogen-bond donors (Lipinski definition) is 1. The van der Waals surface area contributed by atoms with Gasteiger partial charge < -0.3 is 0 Å². The van der Waals surface area contributed by atoms with Gasteiger partial charge in [0.15, 0.2) is 0 Å². The molecule has 1 heterocycles. The second-order valence-corrected chi connectivity index (χ2v) is 5.22. The zero-order valence-corrected chi connectivity index (χ0v) is 10.6. The van der Waals surface area contributed by atoms with Gasteiger partial charge in [-0.2, -0.15) is 0 Å². The van der Waals surface area contributed by atoms with Crippen molar-refractivity contribution in [3.8, 4) is 0 Å². The Labute approximate surface area is 103 Å². The molecule has 1 aliphatic carbocycles. The fourth-order valence-electron chi connectivity index (χ4n) is 3.02. The SMILES string of the molecule is CCCC1CCCC(=C2CC(=O)NC2=O)CC1. The van der Waals surface area contributed by atoms with Crippen LogP contribution in [-0.2, 0) is 9.59 Å². The number of hydrogen-bond acceptors (Lipinski definition) is 2. The lowest BCUT2D eigenvalue weighted by atomic mass is 9.94. The van der Waals surface area contributed by atoms with E-state index in [2.05, 4.69) is 12.2 Å². The van der Waals surface area contributed by atoms with E-state index in [9.17, 15) is 9.59 Å². The Balaban J connectivity index is 2.05. The highest BCUT2D eigenvalue weighted by Crippen LogP contribution is 2.32. The normalized spacial score (nSPS) is 30.3. The van der Waals surface area contributed by atoms with E-state index in [4.69, 9.17) is 0 Å². The van der Waals surface area contributed by atoms with Gasteiger partial charge in [-0.25, -0.2) is 0 Å². The first-order valence-electron chi connectivity index (χ1n) is 6.75. The topological polar surface area (TPSA) is 46.2 Å². The fourth-order valence-corrected chi connectivity index (χ4v) is 3.02. The third kappa shape index (κ3) is 2.96. The third-order valence-electron chi connectivity index (χ3n) is 3.93.